The average molecular weight is 351 g/mol. The zero-order valence-electron chi connectivity index (χ0n) is 9.52. The van der Waals surface area contributed by atoms with Crippen LogP contribution in [0.2, 0.25) is 0 Å². The van der Waals surface area contributed by atoms with Crippen molar-refractivity contribution in [1.82, 2.24) is 19.9 Å². The van der Waals surface area contributed by atoms with Crippen LogP contribution < -0.4 is 0 Å². The molecule has 3 aromatic rings. The fraction of sp³-hybridized carbons (Fsp3) is 0. The van der Waals surface area contributed by atoms with Crippen molar-refractivity contribution in [3.05, 3.63) is 47.6 Å². The molecule has 3 aromatic heterocycles. The van der Waals surface area contributed by atoms with Crippen LogP contribution in [0.15, 0.2) is 57.0 Å². The average Bonchev–Trinajstić information content (AvgIpc) is 2.82. The van der Waals surface area contributed by atoms with Gasteiger partial charge in [0.25, 0.3) is 0 Å². The molecule has 4 nitrogen and oxygen atoms in total. The lowest BCUT2D eigenvalue weighted by Crippen LogP contribution is -1.81. The summed E-state index contributed by atoms with van der Waals surface area (Å²) in [5, 5.41) is 1.64. The van der Waals surface area contributed by atoms with E-state index in [1.54, 1.807) is 42.2 Å². The molecule has 94 valence electrons. The van der Waals surface area contributed by atoms with Gasteiger partial charge in [0.05, 0.1) is 0 Å². The Morgan fingerprint density at radius 2 is 1.95 bits per heavy atom. The van der Waals surface area contributed by atoms with Crippen molar-refractivity contribution in [1.29, 1.82) is 0 Å². The smallest absolute Gasteiger partial charge is 0.193 e. The summed E-state index contributed by atoms with van der Waals surface area (Å²) in [6.07, 6.45) is 7.01. The molecule has 0 aliphatic heterocycles. The molecular weight excluding hydrogens is 344 g/mol. The SMILES string of the molecule is Brc1nc(-c2cccnc2)sc1Sc1ncccn1. The lowest BCUT2D eigenvalue weighted by molar-refractivity contribution is 0.967. The predicted molar refractivity (Wildman–Crippen MR) is 79.2 cm³/mol. The molecule has 0 atom stereocenters. The van der Waals surface area contributed by atoms with E-state index in [1.807, 2.05) is 12.1 Å². The first-order valence-electron chi connectivity index (χ1n) is 5.34. The monoisotopic (exact) mass is 350 g/mol. The Morgan fingerprint density at radius 1 is 1.11 bits per heavy atom. The summed E-state index contributed by atoms with van der Waals surface area (Å²) in [6, 6.07) is 5.69. The van der Waals surface area contributed by atoms with Gasteiger partial charge in [0.15, 0.2) is 5.16 Å². The largest absolute Gasteiger partial charge is 0.264 e. The molecule has 0 N–H and O–H groups in total. The Labute approximate surface area is 126 Å². The van der Waals surface area contributed by atoms with E-state index in [0.29, 0.717) is 5.16 Å². The molecule has 0 spiro atoms. The highest BCUT2D eigenvalue weighted by Gasteiger charge is 2.12. The maximum Gasteiger partial charge on any atom is 0.193 e. The molecule has 0 aliphatic rings. The second-order valence-corrected chi connectivity index (χ2v) is 6.46. The number of nitrogens with zero attached hydrogens (tertiary/aromatic N) is 4. The van der Waals surface area contributed by atoms with Gasteiger partial charge in [-0.25, -0.2) is 15.0 Å². The van der Waals surface area contributed by atoms with Crippen LogP contribution in [0.4, 0.5) is 0 Å². The first-order valence-corrected chi connectivity index (χ1v) is 7.77. The van der Waals surface area contributed by atoms with Crippen molar-refractivity contribution in [2.45, 2.75) is 9.37 Å². The van der Waals surface area contributed by atoms with Gasteiger partial charge in [-0.05, 0) is 45.9 Å². The van der Waals surface area contributed by atoms with Crippen molar-refractivity contribution >= 4 is 39.0 Å². The second-order valence-electron chi connectivity index (χ2n) is 3.47. The van der Waals surface area contributed by atoms with E-state index in [1.165, 1.54) is 11.8 Å². The van der Waals surface area contributed by atoms with Gasteiger partial charge in [0.1, 0.15) is 13.8 Å². The van der Waals surface area contributed by atoms with E-state index in [4.69, 9.17) is 0 Å². The van der Waals surface area contributed by atoms with Gasteiger partial charge in [-0.2, -0.15) is 0 Å². The summed E-state index contributed by atoms with van der Waals surface area (Å²) in [6.45, 7) is 0. The molecule has 0 aromatic carbocycles. The van der Waals surface area contributed by atoms with Crippen LogP contribution in [-0.2, 0) is 0 Å². The molecule has 0 amide bonds. The summed E-state index contributed by atoms with van der Waals surface area (Å²) in [4.78, 5) is 17.0. The fourth-order valence-electron chi connectivity index (χ4n) is 1.38. The molecule has 0 saturated heterocycles. The van der Waals surface area contributed by atoms with Gasteiger partial charge in [0.2, 0.25) is 0 Å². The zero-order valence-corrected chi connectivity index (χ0v) is 12.7. The maximum absolute atomic E-state index is 4.50. The molecule has 0 fully saturated rings. The Morgan fingerprint density at radius 3 is 2.68 bits per heavy atom. The minimum atomic E-state index is 0.713. The summed E-state index contributed by atoms with van der Waals surface area (Å²) in [5.74, 6) is 0. The lowest BCUT2D eigenvalue weighted by Gasteiger charge is -1.95. The molecule has 19 heavy (non-hydrogen) atoms. The van der Waals surface area contributed by atoms with Gasteiger partial charge >= 0.3 is 0 Å². The van der Waals surface area contributed by atoms with E-state index in [2.05, 4.69) is 35.9 Å². The fourth-order valence-corrected chi connectivity index (χ4v) is 4.00. The zero-order chi connectivity index (χ0) is 13.1. The van der Waals surface area contributed by atoms with Crippen LogP contribution in [0.25, 0.3) is 10.6 Å². The highest BCUT2D eigenvalue weighted by Crippen LogP contribution is 2.39. The van der Waals surface area contributed by atoms with Crippen molar-refractivity contribution in [3.8, 4) is 10.6 Å². The topological polar surface area (TPSA) is 51.6 Å². The van der Waals surface area contributed by atoms with Crippen molar-refractivity contribution in [2.24, 2.45) is 0 Å². The lowest BCUT2D eigenvalue weighted by atomic mass is 10.3. The van der Waals surface area contributed by atoms with E-state index >= 15 is 0 Å². The van der Waals surface area contributed by atoms with Crippen LogP contribution in [0.3, 0.4) is 0 Å². The molecular formula is C12H7BrN4S2. The van der Waals surface area contributed by atoms with Crippen LogP contribution in [0.1, 0.15) is 0 Å². The molecule has 0 aliphatic carbocycles. The van der Waals surface area contributed by atoms with E-state index in [9.17, 15) is 0 Å². The number of thiazole rings is 1. The first-order chi connectivity index (χ1) is 9.33. The summed E-state index contributed by atoms with van der Waals surface area (Å²) in [5.41, 5.74) is 1.01. The number of rotatable bonds is 3. The molecule has 0 saturated carbocycles. The Kier molecular flexibility index (Phi) is 3.86. The maximum atomic E-state index is 4.50. The van der Waals surface area contributed by atoms with Crippen LogP contribution in [0.5, 0.6) is 0 Å². The van der Waals surface area contributed by atoms with Crippen molar-refractivity contribution in [3.63, 3.8) is 0 Å². The van der Waals surface area contributed by atoms with Crippen LogP contribution >= 0.6 is 39.0 Å². The van der Waals surface area contributed by atoms with E-state index in [0.717, 1.165) is 19.4 Å². The highest BCUT2D eigenvalue weighted by molar-refractivity contribution is 9.10. The van der Waals surface area contributed by atoms with Gasteiger partial charge < -0.3 is 0 Å². The Balaban J connectivity index is 1.90. The third-order valence-corrected chi connectivity index (χ3v) is 5.46. The van der Waals surface area contributed by atoms with Gasteiger partial charge in [-0.1, -0.05) is 0 Å². The van der Waals surface area contributed by atoms with Crippen molar-refractivity contribution < 1.29 is 0 Å². The molecule has 3 heterocycles. The summed E-state index contributed by atoms with van der Waals surface area (Å²) >= 11 is 6.56. The standard InChI is InChI=1S/C12H7BrN4S2/c13-9-11(19-12-15-5-2-6-16-12)18-10(17-9)8-3-1-4-14-7-8/h1-7H. The molecule has 3 rings (SSSR count). The van der Waals surface area contributed by atoms with Crippen molar-refractivity contribution in [2.75, 3.05) is 0 Å². The highest BCUT2D eigenvalue weighted by atomic mass is 79.9. The Hall–Kier alpha value is -1.31. The molecule has 0 radical (unpaired) electrons. The minimum absolute atomic E-state index is 0.713. The van der Waals surface area contributed by atoms with Gasteiger partial charge in [0, 0.05) is 30.4 Å². The van der Waals surface area contributed by atoms with E-state index < -0.39 is 0 Å². The number of halogens is 1. The normalized spacial score (nSPS) is 10.6. The number of hydrogen-bond acceptors (Lipinski definition) is 6. The van der Waals surface area contributed by atoms with Crippen LogP contribution in [-0.4, -0.2) is 19.9 Å². The summed E-state index contributed by atoms with van der Waals surface area (Å²) in [7, 11) is 0. The minimum Gasteiger partial charge on any atom is -0.264 e. The third-order valence-electron chi connectivity index (χ3n) is 2.19. The number of hydrogen-bond donors (Lipinski definition) is 0. The number of aromatic nitrogens is 4. The molecule has 0 bridgehead atoms. The quantitative estimate of drug-likeness (QED) is 0.670. The second kappa shape index (κ2) is 5.77. The van der Waals surface area contributed by atoms with E-state index in [-0.39, 0.29) is 0 Å². The van der Waals surface area contributed by atoms with Gasteiger partial charge in [-0.3, -0.25) is 4.98 Å². The first kappa shape index (κ1) is 12.7. The molecule has 0 unspecified atom stereocenters. The van der Waals surface area contributed by atoms with Crippen LogP contribution in [0, 0.1) is 0 Å². The third kappa shape index (κ3) is 2.99. The number of pyridine rings is 1. The predicted octanol–water partition coefficient (Wildman–Crippen LogP) is 3.91. The Bertz CT molecular complexity index is 673. The molecule has 7 heteroatoms. The summed E-state index contributed by atoms with van der Waals surface area (Å²) < 4.78 is 1.85. The van der Waals surface area contributed by atoms with Gasteiger partial charge in [-0.15, -0.1) is 11.3 Å².